The van der Waals surface area contributed by atoms with Crippen LogP contribution < -0.4 is 20.3 Å². The highest BCUT2D eigenvalue weighted by Crippen LogP contribution is 2.31. The van der Waals surface area contributed by atoms with Crippen molar-refractivity contribution in [3.63, 3.8) is 0 Å². The van der Waals surface area contributed by atoms with E-state index in [0.717, 1.165) is 49.0 Å². The van der Waals surface area contributed by atoms with Gasteiger partial charge in [0.05, 0.1) is 10.7 Å². The van der Waals surface area contributed by atoms with Gasteiger partial charge < -0.3 is 20.3 Å². The number of ether oxygens (including phenoxy) is 1. The van der Waals surface area contributed by atoms with Gasteiger partial charge in [-0.25, -0.2) is 4.98 Å². The van der Waals surface area contributed by atoms with Crippen molar-refractivity contribution in [2.75, 3.05) is 31.6 Å². The van der Waals surface area contributed by atoms with Gasteiger partial charge in [0.25, 0.3) is 0 Å². The number of alkyl halides is 2. The minimum Gasteiger partial charge on any atom is -0.433 e. The van der Waals surface area contributed by atoms with E-state index in [0.29, 0.717) is 12.2 Å². The van der Waals surface area contributed by atoms with Crippen molar-refractivity contribution in [1.29, 1.82) is 0 Å². The van der Waals surface area contributed by atoms with Crippen molar-refractivity contribution >= 4 is 23.0 Å². The topological polar surface area (TPSA) is 61.8 Å². The number of guanidine groups is 1. The summed E-state index contributed by atoms with van der Waals surface area (Å²) in [7, 11) is 1.75. The second kappa shape index (κ2) is 10.4. The first-order valence-electron chi connectivity index (χ1n) is 9.72. The van der Waals surface area contributed by atoms with Crippen LogP contribution in [-0.4, -0.2) is 50.3 Å². The number of rotatable bonds is 8. The largest absolute Gasteiger partial charge is 0.433 e. The second-order valence-corrected chi connectivity index (χ2v) is 7.85. The number of aromatic nitrogens is 1. The van der Waals surface area contributed by atoms with Gasteiger partial charge in [-0.1, -0.05) is 12.1 Å². The molecule has 0 amide bonds. The van der Waals surface area contributed by atoms with Gasteiger partial charge in [0.15, 0.2) is 5.96 Å². The first kappa shape index (κ1) is 21.3. The van der Waals surface area contributed by atoms with Crippen molar-refractivity contribution in [1.82, 2.24) is 15.6 Å². The molecule has 2 aromatic rings. The van der Waals surface area contributed by atoms with Crippen LogP contribution in [0.25, 0.3) is 0 Å². The summed E-state index contributed by atoms with van der Waals surface area (Å²) in [5, 5.41) is 9.99. The van der Waals surface area contributed by atoms with Gasteiger partial charge in [-0.2, -0.15) is 8.78 Å². The Morgan fingerprint density at radius 1 is 1.41 bits per heavy atom. The smallest absolute Gasteiger partial charge is 0.387 e. The Bertz CT molecular complexity index is 814. The van der Waals surface area contributed by atoms with E-state index in [9.17, 15) is 8.78 Å². The molecule has 0 radical (unpaired) electrons. The third kappa shape index (κ3) is 6.28. The van der Waals surface area contributed by atoms with E-state index in [-0.39, 0.29) is 11.8 Å². The Hall–Kier alpha value is -2.42. The summed E-state index contributed by atoms with van der Waals surface area (Å²) in [6.45, 7) is 1.45. The van der Waals surface area contributed by atoms with E-state index in [4.69, 9.17) is 0 Å². The van der Waals surface area contributed by atoms with E-state index in [1.807, 2.05) is 19.1 Å². The van der Waals surface area contributed by atoms with E-state index >= 15 is 0 Å². The summed E-state index contributed by atoms with van der Waals surface area (Å²) in [5.74, 6) is 0.965. The van der Waals surface area contributed by atoms with Crippen molar-refractivity contribution in [3.8, 4) is 5.75 Å². The molecule has 1 aliphatic rings. The van der Waals surface area contributed by atoms with Crippen molar-refractivity contribution in [3.05, 3.63) is 40.3 Å². The Morgan fingerprint density at radius 2 is 2.24 bits per heavy atom. The highest BCUT2D eigenvalue weighted by atomic mass is 32.1. The number of benzene rings is 1. The fourth-order valence-electron chi connectivity index (χ4n) is 3.36. The summed E-state index contributed by atoms with van der Waals surface area (Å²) in [5.41, 5.74) is 1.76. The highest BCUT2D eigenvalue weighted by molar-refractivity contribution is 7.09. The van der Waals surface area contributed by atoms with Gasteiger partial charge in [-0.15, -0.1) is 11.3 Å². The molecule has 3 rings (SSSR count). The van der Waals surface area contributed by atoms with Gasteiger partial charge in [0.1, 0.15) is 5.75 Å². The molecule has 1 atom stereocenters. The zero-order valence-corrected chi connectivity index (χ0v) is 17.5. The lowest BCUT2D eigenvalue weighted by atomic mass is 10.2. The minimum absolute atomic E-state index is 0.183. The summed E-state index contributed by atoms with van der Waals surface area (Å²) in [6.07, 6.45) is 2.81. The first-order chi connectivity index (χ1) is 14.0. The average molecular weight is 424 g/mol. The maximum absolute atomic E-state index is 12.7. The number of para-hydroxylation sites is 2. The molecule has 29 heavy (non-hydrogen) atoms. The van der Waals surface area contributed by atoms with Crippen LogP contribution in [0.3, 0.4) is 0 Å². The Morgan fingerprint density at radius 3 is 2.97 bits per heavy atom. The average Bonchev–Trinajstić information content (AvgIpc) is 3.33. The molecular weight excluding hydrogens is 396 g/mol. The lowest BCUT2D eigenvalue weighted by molar-refractivity contribution is -0.0495. The predicted octanol–water partition coefficient (Wildman–Crippen LogP) is 3.43. The second-order valence-electron chi connectivity index (χ2n) is 6.91. The Labute approximate surface area is 174 Å². The Balaban J connectivity index is 1.46. The number of aryl methyl sites for hydroxylation is 2. The van der Waals surface area contributed by atoms with Crippen LogP contribution in [0, 0.1) is 6.92 Å². The Kier molecular flexibility index (Phi) is 7.62. The molecule has 0 spiro atoms. The number of hydrogen-bond acceptors (Lipinski definition) is 5. The summed E-state index contributed by atoms with van der Waals surface area (Å²) in [6, 6.07) is 7.10. The maximum Gasteiger partial charge on any atom is 0.387 e. The number of aliphatic imine (C=N–C) groups is 1. The van der Waals surface area contributed by atoms with E-state index in [2.05, 4.69) is 35.6 Å². The molecule has 1 aromatic carbocycles. The molecule has 1 aromatic heterocycles. The lowest BCUT2D eigenvalue weighted by Crippen LogP contribution is -2.44. The van der Waals surface area contributed by atoms with Crippen LogP contribution >= 0.6 is 11.3 Å². The fraction of sp³-hybridized carbons (Fsp3) is 0.500. The molecule has 1 saturated heterocycles. The van der Waals surface area contributed by atoms with Crippen LogP contribution in [0.1, 0.15) is 23.5 Å². The van der Waals surface area contributed by atoms with Crippen molar-refractivity contribution in [2.24, 2.45) is 4.99 Å². The third-order valence-electron chi connectivity index (χ3n) is 4.70. The maximum atomic E-state index is 12.7. The molecule has 1 fully saturated rings. The van der Waals surface area contributed by atoms with E-state index < -0.39 is 6.61 Å². The number of thiazole rings is 1. The SMILES string of the molecule is CN=C(NCCCc1nc(C)cs1)NC1CCN(c2ccccc2OC(F)F)C1. The molecule has 2 heterocycles. The molecule has 6 nitrogen and oxygen atoms in total. The number of nitrogens with zero attached hydrogens (tertiary/aromatic N) is 3. The molecule has 0 saturated carbocycles. The minimum atomic E-state index is -2.83. The summed E-state index contributed by atoms with van der Waals surface area (Å²) >= 11 is 1.70. The molecule has 1 unspecified atom stereocenters. The number of hydrogen-bond donors (Lipinski definition) is 2. The van der Waals surface area contributed by atoms with Crippen LogP contribution in [0.2, 0.25) is 0 Å². The van der Waals surface area contributed by atoms with Gasteiger partial charge in [0.2, 0.25) is 0 Å². The van der Waals surface area contributed by atoms with Gasteiger partial charge >= 0.3 is 6.61 Å². The van der Waals surface area contributed by atoms with E-state index in [1.54, 1.807) is 30.5 Å². The van der Waals surface area contributed by atoms with Crippen molar-refractivity contribution < 1.29 is 13.5 Å². The number of halogens is 2. The zero-order valence-electron chi connectivity index (χ0n) is 16.7. The van der Waals surface area contributed by atoms with Crippen LogP contribution in [0.4, 0.5) is 14.5 Å². The van der Waals surface area contributed by atoms with Gasteiger partial charge in [-0.05, 0) is 31.9 Å². The van der Waals surface area contributed by atoms with E-state index in [1.165, 1.54) is 0 Å². The highest BCUT2D eigenvalue weighted by Gasteiger charge is 2.26. The fourth-order valence-corrected chi connectivity index (χ4v) is 4.18. The number of anilines is 1. The van der Waals surface area contributed by atoms with Gasteiger partial charge in [-0.3, -0.25) is 4.99 Å². The first-order valence-corrected chi connectivity index (χ1v) is 10.6. The summed E-state index contributed by atoms with van der Waals surface area (Å²) in [4.78, 5) is 10.8. The predicted molar refractivity (Wildman–Crippen MR) is 113 cm³/mol. The van der Waals surface area contributed by atoms with Crippen LogP contribution in [-0.2, 0) is 6.42 Å². The monoisotopic (exact) mass is 423 g/mol. The zero-order chi connectivity index (χ0) is 20.6. The number of nitrogens with one attached hydrogen (secondary N) is 2. The molecule has 158 valence electrons. The molecule has 9 heteroatoms. The van der Waals surface area contributed by atoms with Crippen molar-refractivity contribution in [2.45, 2.75) is 38.8 Å². The molecule has 0 bridgehead atoms. The standard InChI is InChI=1S/C20H27F2N5OS/c1-14-13-29-18(25-14)8-5-10-24-20(23-2)26-15-9-11-27(12-15)16-6-3-4-7-17(16)28-19(21)22/h3-4,6-7,13,15,19H,5,8-12H2,1-2H3,(H2,23,24,26). The third-order valence-corrected chi connectivity index (χ3v) is 5.73. The molecular formula is C20H27F2N5OS. The molecule has 1 aliphatic heterocycles. The lowest BCUT2D eigenvalue weighted by Gasteiger charge is -2.22. The normalized spacial score (nSPS) is 17.1. The van der Waals surface area contributed by atoms with Gasteiger partial charge in [0, 0.05) is 50.2 Å². The van der Waals surface area contributed by atoms with Crippen LogP contribution in [0.15, 0.2) is 34.6 Å². The summed E-state index contributed by atoms with van der Waals surface area (Å²) < 4.78 is 30.0. The van der Waals surface area contributed by atoms with Crippen LogP contribution in [0.5, 0.6) is 5.75 Å². The quantitative estimate of drug-likeness (QED) is 0.387. The molecule has 2 N–H and O–H groups in total. The molecule has 0 aliphatic carbocycles.